The Morgan fingerprint density at radius 2 is 1.50 bits per heavy atom. The number of pyridine rings is 1. The quantitative estimate of drug-likeness (QED) is 0.0469. The second kappa shape index (κ2) is 27.9. The maximum absolute atomic E-state index is 14.4. The van der Waals surface area contributed by atoms with Gasteiger partial charge in [0.1, 0.15) is 77.2 Å². The number of aryl methyl sites for hydroxylation is 1. The van der Waals surface area contributed by atoms with E-state index in [-0.39, 0.29) is 79.8 Å². The van der Waals surface area contributed by atoms with E-state index >= 15 is 0 Å². The van der Waals surface area contributed by atoms with Crippen LogP contribution in [0.15, 0.2) is 70.6 Å². The number of carbonyl (C=O) groups is 6. The molecular weight excluding hydrogens is 1190 g/mol. The number of aliphatic hydroxyl groups is 1. The Balaban J connectivity index is 1.09. The standard InChI is InChI=1S/C56H58N12O10S6/c1-27(2)32-19-38(69)45-29(4)83-54(68-45)34(20-41(70)57-5)60-49(75)36-24-79-50(62-36)31-16-17-33(52-64-40(26-82-52)65-56(76)78-18-12-8-11-15-43(72)73)59-46(31)35-23-80-53(61-35)37-25-81-55(63-37)47(48(74)30-13-9-7-10-14-30)66-42(71)21-58-28(3)44-39(22-77-6)84-51(32)67-44/h7,9-10,13-14,16-17,23-27,32,34,47-48,58,74H,3,8,11-12,15,18-22H2,1-2,4-6H3,(H,57,70)(H,60,75)(H,65,76)(H,66,71)(H,72,73)/t32-,34-,47-,48-/m0/s1. The molecule has 1 aliphatic rings. The zero-order valence-electron chi connectivity index (χ0n) is 46.0. The predicted octanol–water partition coefficient (Wildman–Crippen LogP) is 10.2. The summed E-state index contributed by atoms with van der Waals surface area (Å²) in [7, 11) is 3.05. The van der Waals surface area contributed by atoms with Gasteiger partial charge in [-0.2, -0.15) is 0 Å². The third kappa shape index (κ3) is 14.8. The Hall–Kier alpha value is -7.57. The van der Waals surface area contributed by atoms with Gasteiger partial charge < -0.3 is 41.0 Å². The maximum atomic E-state index is 14.4. The molecule has 10 bridgehead atoms. The number of anilines is 1. The van der Waals surface area contributed by atoms with Crippen molar-refractivity contribution in [2.24, 2.45) is 5.92 Å². The molecule has 8 aromatic rings. The molecule has 4 amide bonds. The first kappa shape index (κ1) is 61.0. The van der Waals surface area contributed by atoms with Crippen LogP contribution in [-0.4, -0.2) is 108 Å². The summed E-state index contributed by atoms with van der Waals surface area (Å²) in [5, 5.41) is 44.8. The second-order valence-corrected chi connectivity index (χ2v) is 25.4. The number of Topliss-reactive ketones (excluding diaryl/α,β-unsaturated/α-hetero) is 1. The average Bonchev–Trinajstić information content (AvgIpc) is 3.77. The van der Waals surface area contributed by atoms with E-state index in [1.54, 1.807) is 72.0 Å². The van der Waals surface area contributed by atoms with Gasteiger partial charge in [0, 0.05) is 64.9 Å². The third-order valence-electron chi connectivity index (χ3n) is 13.2. The lowest BCUT2D eigenvalue weighted by Crippen LogP contribution is -2.38. The van der Waals surface area contributed by atoms with Crippen molar-refractivity contribution in [3.8, 4) is 43.4 Å². The molecule has 4 atom stereocenters. The van der Waals surface area contributed by atoms with Gasteiger partial charge >= 0.3 is 12.1 Å². The summed E-state index contributed by atoms with van der Waals surface area (Å²) in [5.41, 5.74) is 3.83. The van der Waals surface area contributed by atoms with Gasteiger partial charge in [0.25, 0.3) is 5.91 Å². The highest BCUT2D eigenvalue weighted by Gasteiger charge is 2.32. The van der Waals surface area contributed by atoms with Gasteiger partial charge in [-0.05, 0) is 49.8 Å². The van der Waals surface area contributed by atoms with E-state index in [0.29, 0.717) is 99.5 Å². The van der Waals surface area contributed by atoms with Crippen molar-refractivity contribution < 1.29 is 48.5 Å². The van der Waals surface area contributed by atoms with E-state index in [0.717, 1.165) is 4.88 Å². The number of hydrogen-bond acceptors (Lipinski definition) is 23. The number of aliphatic hydroxyl groups excluding tert-OH is 1. The van der Waals surface area contributed by atoms with Crippen LogP contribution in [0, 0.1) is 12.8 Å². The summed E-state index contributed by atoms with van der Waals surface area (Å²) >= 11 is 7.53. The number of rotatable bonds is 15. The second-order valence-electron chi connectivity index (χ2n) is 19.6. The highest BCUT2D eigenvalue weighted by atomic mass is 32.1. The molecule has 0 unspecified atom stereocenters. The van der Waals surface area contributed by atoms with Crippen molar-refractivity contribution >= 4 is 115 Å². The smallest absolute Gasteiger partial charge is 0.412 e. The number of aliphatic carboxylic acids is 1. The van der Waals surface area contributed by atoms with Gasteiger partial charge in [-0.15, -0.1) is 68.0 Å². The van der Waals surface area contributed by atoms with Crippen molar-refractivity contribution in [1.82, 2.24) is 56.2 Å². The number of amides is 4. The molecule has 7 N–H and O–H groups in total. The van der Waals surface area contributed by atoms with Crippen molar-refractivity contribution in [3.63, 3.8) is 0 Å². The molecular formula is C56H58N12O10S6. The van der Waals surface area contributed by atoms with Gasteiger partial charge in [-0.1, -0.05) is 50.8 Å². The predicted molar refractivity (Wildman–Crippen MR) is 324 cm³/mol. The fraction of sp³-hybridized carbons (Fsp3) is 0.339. The summed E-state index contributed by atoms with van der Waals surface area (Å²) in [4.78, 5) is 115. The number of aromatic nitrogens is 7. The Labute approximate surface area is 506 Å². The van der Waals surface area contributed by atoms with Gasteiger partial charge in [0.15, 0.2) is 5.78 Å². The number of ketones is 1. The van der Waals surface area contributed by atoms with Crippen LogP contribution < -0.4 is 26.6 Å². The van der Waals surface area contributed by atoms with E-state index in [1.165, 1.54) is 75.1 Å². The van der Waals surface area contributed by atoms with Gasteiger partial charge in [0.05, 0.1) is 53.5 Å². The number of carbonyl (C=O) groups excluding carboxylic acids is 5. The molecule has 0 fully saturated rings. The van der Waals surface area contributed by atoms with Crippen LogP contribution in [0.5, 0.6) is 0 Å². The van der Waals surface area contributed by atoms with Crippen LogP contribution in [0.4, 0.5) is 10.6 Å². The number of ether oxygens (including phenoxy) is 2. The number of nitrogens with zero attached hydrogens (tertiary/aromatic N) is 7. The van der Waals surface area contributed by atoms with Crippen molar-refractivity contribution in [2.75, 3.05) is 32.6 Å². The summed E-state index contributed by atoms with van der Waals surface area (Å²) < 4.78 is 10.9. The molecule has 0 spiro atoms. The van der Waals surface area contributed by atoms with Crippen molar-refractivity contribution in [3.05, 3.63) is 118 Å². The van der Waals surface area contributed by atoms with E-state index in [2.05, 4.69) is 38.1 Å². The van der Waals surface area contributed by atoms with Crippen molar-refractivity contribution in [1.29, 1.82) is 0 Å². The number of methoxy groups -OCH3 is 1. The zero-order chi connectivity index (χ0) is 59.6. The SMILES string of the molecule is C=C1NCC(=O)N[C@@H]([C@@H](O)c2ccccc2)c2nc(cs2)-c2nc(cs2)-c2nc(-c3nc(NC(=O)OCCCCCC(=O)O)cs3)ccc2-c2nc(cs2)C(=O)N[C@@H](CC(=O)NC)c2nc(c(C)s2)C(=O)C[C@@H](C(C)C)c2nc1c(COC)s2. The molecule has 8 heterocycles. The number of hydrogen-bond donors (Lipinski definition) is 7. The van der Waals surface area contributed by atoms with E-state index in [9.17, 15) is 33.9 Å². The summed E-state index contributed by atoms with van der Waals surface area (Å²) in [6.07, 6.45) is -0.470. The number of nitrogens with one attached hydrogen (secondary N) is 5. The molecule has 0 radical (unpaired) electrons. The maximum Gasteiger partial charge on any atom is 0.412 e. The minimum atomic E-state index is -1.21. The van der Waals surface area contributed by atoms with E-state index in [1.807, 2.05) is 19.9 Å². The Morgan fingerprint density at radius 1 is 0.774 bits per heavy atom. The molecule has 1 aliphatic heterocycles. The largest absolute Gasteiger partial charge is 0.481 e. The minimum absolute atomic E-state index is 0.0400. The number of unbranched alkanes of at least 4 members (excludes halogenated alkanes) is 2. The van der Waals surface area contributed by atoms with Crippen LogP contribution in [0.3, 0.4) is 0 Å². The average molecular weight is 1250 g/mol. The zero-order valence-corrected chi connectivity index (χ0v) is 50.9. The molecule has 9 rings (SSSR count). The number of carboxylic acids is 1. The van der Waals surface area contributed by atoms with Crippen LogP contribution in [0.25, 0.3) is 49.1 Å². The first-order chi connectivity index (χ1) is 40.5. The highest BCUT2D eigenvalue weighted by Crippen LogP contribution is 2.41. The lowest BCUT2D eigenvalue weighted by atomic mass is 9.90. The van der Waals surface area contributed by atoms with Crippen LogP contribution >= 0.6 is 68.0 Å². The first-order valence-electron chi connectivity index (χ1n) is 26.4. The Bertz CT molecular complexity index is 3700. The van der Waals surface area contributed by atoms with Crippen LogP contribution in [0.2, 0.25) is 0 Å². The summed E-state index contributed by atoms with van der Waals surface area (Å²) in [5.74, 6) is -2.76. The molecule has 1 aromatic carbocycles. The molecule has 438 valence electrons. The number of thiazole rings is 6. The Morgan fingerprint density at radius 3 is 2.26 bits per heavy atom. The molecule has 0 aliphatic carbocycles. The Kier molecular flexibility index (Phi) is 20.2. The fourth-order valence-electron chi connectivity index (χ4n) is 8.84. The number of carboxylic acid groups (broad SMARTS) is 1. The summed E-state index contributed by atoms with van der Waals surface area (Å²) in [6.45, 7) is 10.1. The number of fused-ring (bicyclic) bond motifs is 14. The molecule has 7 aromatic heterocycles. The van der Waals surface area contributed by atoms with E-state index < -0.39 is 42.1 Å². The van der Waals surface area contributed by atoms with E-state index in [4.69, 9.17) is 44.5 Å². The fourth-order valence-corrected chi connectivity index (χ4v) is 14.4. The van der Waals surface area contributed by atoms with Gasteiger partial charge in [-0.3, -0.25) is 29.3 Å². The molecule has 0 saturated heterocycles. The van der Waals surface area contributed by atoms with Crippen molar-refractivity contribution in [2.45, 2.75) is 90.0 Å². The third-order valence-corrected chi connectivity index (χ3v) is 19.0. The molecule has 0 saturated carbocycles. The normalized spacial score (nSPS) is 16.3. The molecule has 28 heteroatoms. The minimum Gasteiger partial charge on any atom is -0.481 e. The number of benzene rings is 1. The topological polar surface area (TPSA) is 312 Å². The molecule has 84 heavy (non-hydrogen) atoms. The highest BCUT2D eigenvalue weighted by molar-refractivity contribution is 7.15. The van der Waals surface area contributed by atoms with Gasteiger partial charge in [0.2, 0.25) is 11.8 Å². The monoisotopic (exact) mass is 1250 g/mol. The lowest BCUT2D eigenvalue weighted by Gasteiger charge is -2.23. The first-order valence-corrected chi connectivity index (χ1v) is 31.6. The van der Waals surface area contributed by atoms with Gasteiger partial charge in [-0.25, -0.2) is 39.7 Å². The van der Waals surface area contributed by atoms with Crippen LogP contribution in [0.1, 0.15) is 133 Å². The summed E-state index contributed by atoms with van der Waals surface area (Å²) in [6, 6.07) is 10.5. The molecule has 22 nitrogen and oxygen atoms in total. The lowest BCUT2D eigenvalue weighted by molar-refractivity contribution is -0.137. The van der Waals surface area contributed by atoms with Crippen LogP contribution in [-0.2, 0) is 30.5 Å².